The van der Waals surface area contributed by atoms with Gasteiger partial charge in [0.2, 0.25) is 0 Å². The van der Waals surface area contributed by atoms with Gasteiger partial charge in [-0.2, -0.15) is 0 Å². The van der Waals surface area contributed by atoms with Crippen LogP contribution in [0.15, 0.2) is 48.5 Å². The van der Waals surface area contributed by atoms with Gasteiger partial charge in [0, 0.05) is 5.69 Å². The van der Waals surface area contributed by atoms with Gasteiger partial charge in [-0.1, -0.05) is 24.3 Å². The zero-order valence-electron chi connectivity index (χ0n) is 11.3. The highest BCUT2D eigenvalue weighted by Gasteiger charge is 2.09. The Bertz CT molecular complexity index is 535. The van der Waals surface area contributed by atoms with Gasteiger partial charge in [0.15, 0.2) is 0 Å². The molecule has 19 heavy (non-hydrogen) atoms. The summed E-state index contributed by atoms with van der Waals surface area (Å²) in [5.41, 5.74) is 14.8. The highest BCUT2D eigenvalue weighted by atomic mass is 16.5. The van der Waals surface area contributed by atoms with Gasteiger partial charge in [0.25, 0.3) is 0 Å². The Kier molecular flexibility index (Phi) is 4.07. The number of hydrogen-bond donors (Lipinski definition) is 2. The second kappa shape index (κ2) is 5.76. The molecular weight excluding hydrogens is 236 g/mol. The first-order chi connectivity index (χ1) is 9.06. The first kappa shape index (κ1) is 13.4. The van der Waals surface area contributed by atoms with Gasteiger partial charge in [-0.05, 0) is 49.2 Å². The van der Waals surface area contributed by atoms with Crippen molar-refractivity contribution in [3.63, 3.8) is 0 Å². The molecule has 0 aliphatic carbocycles. The summed E-state index contributed by atoms with van der Waals surface area (Å²) >= 11 is 0. The van der Waals surface area contributed by atoms with Crippen molar-refractivity contribution >= 4 is 5.69 Å². The zero-order chi connectivity index (χ0) is 13.8. The summed E-state index contributed by atoms with van der Waals surface area (Å²) < 4.78 is 5.61. The summed E-state index contributed by atoms with van der Waals surface area (Å²) in [5.74, 6) is 0.860. The molecule has 3 heteroatoms. The summed E-state index contributed by atoms with van der Waals surface area (Å²) in [5, 5.41) is 0. The van der Waals surface area contributed by atoms with Crippen LogP contribution in [0, 0.1) is 0 Å². The molecular formula is C16H20N2O. The van der Waals surface area contributed by atoms with Gasteiger partial charge in [-0.15, -0.1) is 0 Å². The van der Waals surface area contributed by atoms with Crippen LogP contribution in [0.5, 0.6) is 5.75 Å². The van der Waals surface area contributed by atoms with Gasteiger partial charge in [-0.25, -0.2) is 0 Å². The van der Waals surface area contributed by atoms with E-state index < -0.39 is 0 Å². The molecule has 2 aromatic rings. The van der Waals surface area contributed by atoms with Crippen LogP contribution in [-0.2, 0) is 0 Å². The summed E-state index contributed by atoms with van der Waals surface area (Å²) in [6.45, 7) is 4.01. The molecule has 0 saturated carbocycles. The molecule has 0 spiro atoms. The Hall–Kier alpha value is -2.00. The third-order valence-corrected chi connectivity index (χ3v) is 2.88. The number of benzene rings is 2. The van der Waals surface area contributed by atoms with Crippen molar-refractivity contribution in [1.82, 2.24) is 0 Å². The maximum atomic E-state index is 6.24. The number of nitrogen functional groups attached to an aromatic ring is 1. The second-order valence-corrected chi connectivity index (χ2v) is 4.88. The highest BCUT2D eigenvalue weighted by Crippen LogP contribution is 2.23. The quantitative estimate of drug-likeness (QED) is 0.826. The number of hydrogen-bond acceptors (Lipinski definition) is 3. The second-order valence-electron chi connectivity index (χ2n) is 4.88. The van der Waals surface area contributed by atoms with E-state index in [0.717, 1.165) is 22.6 Å². The van der Waals surface area contributed by atoms with Crippen LogP contribution in [0.4, 0.5) is 5.69 Å². The van der Waals surface area contributed by atoms with Gasteiger partial charge < -0.3 is 16.2 Å². The van der Waals surface area contributed by atoms with Crippen molar-refractivity contribution in [2.75, 3.05) is 5.73 Å². The molecule has 0 bridgehead atoms. The minimum Gasteiger partial charge on any atom is -0.491 e. The van der Waals surface area contributed by atoms with E-state index in [9.17, 15) is 0 Å². The molecule has 0 aliphatic rings. The van der Waals surface area contributed by atoms with E-state index in [0.29, 0.717) is 0 Å². The van der Waals surface area contributed by atoms with Gasteiger partial charge >= 0.3 is 0 Å². The van der Waals surface area contributed by atoms with Gasteiger partial charge in [0.1, 0.15) is 5.75 Å². The fraction of sp³-hybridized carbons (Fsp3) is 0.250. The fourth-order valence-corrected chi connectivity index (χ4v) is 1.97. The fourth-order valence-electron chi connectivity index (χ4n) is 1.97. The minimum atomic E-state index is -0.170. The van der Waals surface area contributed by atoms with E-state index in [2.05, 4.69) is 0 Å². The highest BCUT2D eigenvalue weighted by molar-refractivity contribution is 5.44. The van der Waals surface area contributed by atoms with Crippen molar-refractivity contribution < 1.29 is 4.74 Å². The van der Waals surface area contributed by atoms with Crippen LogP contribution in [0.3, 0.4) is 0 Å². The molecule has 2 rings (SSSR count). The summed E-state index contributed by atoms with van der Waals surface area (Å²) in [6.07, 6.45) is 0.174. The Labute approximate surface area is 114 Å². The van der Waals surface area contributed by atoms with Crippen LogP contribution in [0.1, 0.15) is 31.0 Å². The Balaban J connectivity index is 2.17. The van der Waals surface area contributed by atoms with E-state index in [4.69, 9.17) is 16.2 Å². The summed E-state index contributed by atoms with van der Waals surface area (Å²) in [7, 11) is 0. The van der Waals surface area contributed by atoms with E-state index in [-0.39, 0.29) is 12.1 Å². The minimum absolute atomic E-state index is 0.170. The smallest absolute Gasteiger partial charge is 0.119 e. The van der Waals surface area contributed by atoms with Crippen molar-refractivity contribution in [2.45, 2.75) is 26.0 Å². The van der Waals surface area contributed by atoms with Crippen molar-refractivity contribution in [3.8, 4) is 5.75 Å². The summed E-state index contributed by atoms with van der Waals surface area (Å²) in [4.78, 5) is 0. The maximum Gasteiger partial charge on any atom is 0.119 e. The number of ether oxygens (including phenoxy) is 1. The Morgan fingerprint density at radius 1 is 0.947 bits per heavy atom. The molecule has 0 aliphatic heterocycles. The average Bonchev–Trinajstić information content (AvgIpc) is 2.38. The van der Waals surface area contributed by atoms with Crippen molar-refractivity contribution in [3.05, 3.63) is 59.7 Å². The van der Waals surface area contributed by atoms with Gasteiger partial charge in [0.05, 0.1) is 12.1 Å². The number of nitrogens with two attached hydrogens (primary N) is 2. The first-order valence-corrected chi connectivity index (χ1v) is 6.44. The van der Waals surface area contributed by atoms with Crippen LogP contribution in [-0.4, -0.2) is 6.10 Å². The normalized spacial score (nSPS) is 12.4. The van der Waals surface area contributed by atoms with Crippen LogP contribution in [0.2, 0.25) is 0 Å². The van der Waals surface area contributed by atoms with Crippen molar-refractivity contribution in [1.29, 1.82) is 0 Å². The lowest BCUT2D eigenvalue weighted by atomic mass is 9.99. The molecule has 100 valence electrons. The van der Waals surface area contributed by atoms with Crippen LogP contribution < -0.4 is 16.2 Å². The third-order valence-electron chi connectivity index (χ3n) is 2.88. The molecule has 0 heterocycles. The molecule has 0 fully saturated rings. The van der Waals surface area contributed by atoms with E-state index in [1.165, 1.54) is 0 Å². The zero-order valence-corrected chi connectivity index (χ0v) is 11.3. The average molecular weight is 256 g/mol. The molecule has 1 unspecified atom stereocenters. The maximum absolute atomic E-state index is 6.24. The predicted molar refractivity (Wildman–Crippen MR) is 79.1 cm³/mol. The first-order valence-electron chi connectivity index (χ1n) is 6.44. The van der Waals surface area contributed by atoms with E-state index in [1.807, 2.05) is 62.4 Å². The molecule has 0 saturated heterocycles. The molecule has 0 amide bonds. The van der Waals surface area contributed by atoms with Crippen LogP contribution >= 0.6 is 0 Å². The van der Waals surface area contributed by atoms with Crippen LogP contribution in [0.25, 0.3) is 0 Å². The third kappa shape index (κ3) is 3.48. The monoisotopic (exact) mass is 256 g/mol. The molecule has 1 atom stereocenters. The predicted octanol–water partition coefficient (Wildman–Crippen LogP) is 3.10. The molecule has 3 nitrogen and oxygen atoms in total. The summed E-state index contributed by atoms with van der Waals surface area (Å²) in [6, 6.07) is 15.4. The number of rotatable bonds is 4. The van der Waals surface area contributed by atoms with Crippen molar-refractivity contribution in [2.24, 2.45) is 5.73 Å². The molecule has 2 aromatic carbocycles. The lowest BCUT2D eigenvalue weighted by Crippen LogP contribution is -2.12. The lowest BCUT2D eigenvalue weighted by molar-refractivity contribution is 0.242. The molecule has 0 aromatic heterocycles. The SMILES string of the molecule is CC(C)Oc1ccc(C(N)c2cccc(N)c2)cc1. The topological polar surface area (TPSA) is 61.3 Å². The molecule has 0 radical (unpaired) electrons. The number of anilines is 1. The molecule has 4 N–H and O–H groups in total. The van der Waals surface area contributed by atoms with E-state index >= 15 is 0 Å². The lowest BCUT2D eigenvalue weighted by Gasteiger charge is -2.15. The Morgan fingerprint density at radius 3 is 2.21 bits per heavy atom. The van der Waals surface area contributed by atoms with Gasteiger partial charge in [-0.3, -0.25) is 0 Å². The largest absolute Gasteiger partial charge is 0.491 e. The van der Waals surface area contributed by atoms with E-state index in [1.54, 1.807) is 0 Å². The standard InChI is InChI=1S/C16H20N2O/c1-11(2)19-15-8-6-12(7-9-15)16(18)13-4-3-5-14(17)10-13/h3-11,16H,17-18H2,1-2H3. The Morgan fingerprint density at radius 2 is 1.63 bits per heavy atom.